The molecule has 1 aromatic rings. The third-order valence-electron chi connectivity index (χ3n) is 4.22. The van der Waals surface area contributed by atoms with Crippen molar-refractivity contribution in [1.82, 2.24) is 10.2 Å². The molecule has 1 aromatic carbocycles. The lowest BCUT2D eigenvalue weighted by Crippen LogP contribution is -2.47. The van der Waals surface area contributed by atoms with Gasteiger partial charge in [0.1, 0.15) is 0 Å². The monoisotopic (exact) mass is 398 g/mol. The predicted octanol–water partition coefficient (Wildman–Crippen LogP) is 3.61. The Kier molecular flexibility index (Phi) is 7.19. The van der Waals surface area contributed by atoms with Gasteiger partial charge in [0.15, 0.2) is 11.5 Å². The van der Waals surface area contributed by atoms with Gasteiger partial charge in [-0.2, -0.15) is 8.78 Å². The Morgan fingerprint density at radius 3 is 2.50 bits per heavy atom. The van der Waals surface area contributed by atoms with Crippen LogP contribution in [0.5, 0.6) is 11.5 Å². The minimum Gasteiger partial charge on any atom is -0.490 e. The highest BCUT2D eigenvalue weighted by Crippen LogP contribution is 2.36. The Morgan fingerprint density at radius 1 is 1.21 bits per heavy atom. The zero-order valence-electron chi connectivity index (χ0n) is 16.3. The van der Waals surface area contributed by atoms with Gasteiger partial charge in [0.25, 0.3) is 0 Å². The third kappa shape index (κ3) is 4.52. The van der Waals surface area contributed by atoms with Gasteiger partial charge in [0.2, 0.25) is 0 Å². The number of halogens is 2. The number of urea groups is 1. The number of nitrogens with zero attached hydrogens (tertiary/aromatic N) is 1. The number of ether oxygens (including phenoxy) is 3. The molecular weight excluding hydrogens is 374 g/mol. The molecule has 0 saturated heterocycles. The maximum Gasteiger partial charge on any atom is 0.387 e. The highest BCUT2D eigenvalue weighted by Gasteiger charge is 2.36. The SMILES string of the molecule is CCOC(=O)C1=C(C)N(CC)C(=O)N[C@@H]1c1ccc(OC(F)F)c(OCC)c1. The van der Waals surface area contributed by atoms with E-state index in [-0.39, 0.29) is 36.3 Å². The summed E-state index contributed by atoms with van der Waals surface area (Å²) in [7, 11) is 0. The van der Waals surface area contributed by atoms with Crippen molar-refractivity contribution in [3.05, 3.63) is 35.0 Å². The number of allylic oxidation sites excluding steroid dienone is 1. The number of amides is 2. The molecule has 1 heterocycles. The van der Waals surface area contributed by atoms with Crippen LogP contribution in [0.4, 0.5) is 13.6 Å². The van der Waals surface area contributed by atoms with Crippen molar-refractivity contribution in [2.24, 2.45) is 0 Å². The van der Waals surface area contributed by atoms with E-state index in [0.29, 0.717) is 17.8 Å². The molecular formula is C19H24F2N2O5. The minimum absolute atomic E-state index is 0.0910. The lowest BCUT2D eigenvalue weighted by atomic mass is 9.94. The van der Waals surface area contributed by atoms with E-state index in [1.165, 1.54) is 23.1 Å². The molecule has 1 aliphatic heterocycles. The maximum atomic E-state index is 12.6. The fraction of sp³-hybridized carbons (Fsp3) is 0.474. The molecule has 0 saturated carbocycles. The summed E-state index contributed by atoms with van der Waals surface area (Å²) in [6.07, 6.45) is 0. The van der Waals surface area contributed by atoms with Crippen molar-refractivity contribution in [2.45, 2.75) is 40.3 Å². The summed E-state index contributed by atoms with van der Waals surface area (Å²) in [6, 6.07) is 3.11. The zero-order chi connectivity index (χ0) is 20.8. The van der Waals surface area contributed by atoms with Crippen molar-refractivity contribution in [3.8, 4) is 11.5 Å². The van der Waals surface area contributed by atoms with Gasteiger partial charge in [-0.25, -0.2) is 9.59 Å². The quantitative estimate of drug-likeness (QED) is 0.677. The summed E-state index contributed by atoms with van der Waals surface area (Å²) in [5.74, 6) is -0.598. The fourth-order valence-corrected chi connectivity index (χ4v) is 3.05. The van der Waals surface area contributed by atoms with Crippen LogP contribution >= 0.6 is 0 Å². The van der Waals surface area contributed by atoms with Crippen LogP contribution < -0.4 is 14.8 Å². The third-order valence-corrected chi connectivity index (χ3v) is 4.22. The molecule has 2 rings (SSSR count). The fourth-order valence-electron chi connectivity index (χ4n) is 3.05. The van der Waals surface area contributed by atoms with Crippen LogP contribution in [0.25, 0.3) is 0 Å². The normalized spacial score (nSPS) is 16.9. The predicted molar refractivity (Wildman–Crippen MR) is 97.2 cm³/mol. The number of carbonyl (C=O) groups excluding carboxylic acids is 2. The number of carbonyl (C=O) groups is 2. The summed E-state index contributed by atoms with van der Waals surface area (Å²) in [5.41, 5.74) is 1.23. The van der Waals surface area contributed by atoms with Crippen LogP contribution in [-0.2, 0) is 9.53 Å². The van der Waals surface area contributed by atoms with Crippen LogP contribution in [0.2, 0.25) is 0 Å². The molecule has 0 aliphatic carbocycles. The second-order valence-corrected chi connectivity index (χ2v) is 5.86. The first-order valence-electron chi connectivity index (χ1n) is 9.01. The molecule has 154 valence electrons. The molecule has 0 radical (unpaired) electrons. The standard InChI is InChI=1S/C19H24F2N2O5/c1-5-23-11(4)15(17(24)27-7-3)16(22-19(23)25)12-8-9-13(28-18(20)21)14(10-12)26-6-2/h8-10,16,18H,5-7H2,1-4H3,(H,22,25)/t16-/m1/s1. The van der Waals surface area contributed by atoms with Crippen LogP contribution in [0.3, 0.4) is 0 Å². The summed E-state index contributed by atoms with van der Waals surface area (Å²) in [4.78, 5) is 26.4. The smallest absolute Gasteiger partial charge is 0.387 e. The Hall–Kier alpha value is -2.84. The van der Waals surface area contributed by atoms with Gasteiger partial charge >= 0.3 is 18.6 Å². The van der Waals surface area contributed by atoms with Crippen molar-refractivity contribution in [3.63, 3.8) is 0 Å². The van der Waals surface area contributed by atoms with E-state index >= 15 is 0 Å². The second kappa shape index (κ2) is 9.38. The lowest BCUT2D eigenvalue weighted by molar-refractivity contribution is -0.139. The lowest BCUT2D eigenvalue weighted by Gasteiger charge is -2.35. The van der Waals surface area contributed by atoms with Crippen LogP contribution in [0, 0.1) is 0 Å². The van der Waals surface area contributed by atoms with Crippen molar-refractivity contribution < 1.29 is 32.6 Å². The van der Waals surface area contributed by atoms with E-state index in [2.05, 4.69) is 10.1 Å². The highest BCUT2D eigenvalue weighted by atomic mass is 19.3. The summed E-state index contributed by atoms with van der Waals surface area (Å²) < 4.78 is 40.3. The van der Waals surface area contributed by atoms with E-state index in [1.54, 1.807) is 27.7 Å². The number of rotatable bonds is 8. The average molecular weight is 398 g/mol. The summed E-state index contributed by atoms with van der Waals surface area (Å²) in [5, 5.41) is 2.77. The zero-order valence-corrected chi connectivity index (χ0v) is 16.3. The first-order valence-corrected chi connectivity index (χ1v) is 9.01. The van der Waals surface area contributed by atoms with Gasteiger partial charge < -0.3 is 19.5 Å². The Morgan fingerprint density at radius 2 is 1.93 bits per heavy atom. The molecule has 9 heteroatoms. The molecule has 0 fully saturated rings. The second-order valence-electron chi connectivity index (χ2n) is 5.86. The Balaban J connectivity index is 2.53. The minimum atomic E-state index is -3.00. The van der Waals surface area contributed by atoms with Crippen LogP contribution in [0.15, 0.2) is 29.5 Å². The Labute approximate surface area is 162 Å². The van der Waals surface area contributed by atoms with Crippen molar-refractivity contribution in [1.29, 1.82) is 0 Å². The van der Waals surface area contributed by atoms with Gasteiger partial charge in [-0.3, -0.25) is 4.90 Å². The molecule has 0 spiro atoms. The molecule has 0 aromatic heterocycles. The number of esters is 1. The topological polar surface area (TPSA) is 77.1 Å². The van der Waals surface area contributed by atoms with E-state index < -0.39 is 18.6 Å². The molecule has 1 atom stereocenters. The molecule has 7 nitrogen and oxygen atoms in total. The number of nitrogens with one attached hydrogen (secondary N) is 1. The number of hydrogen-bond donors (Lipinski definition) is 1. The van der Waals surface area contributed by atoms with E-state index in [0.717, 1.165) is 0 Å². The van der Waals surface area contributed by atoms with Gasteiger partial charge in [0, 0.05) is 12.2 Å². The molecule has 0 unspecified atom stereocenters. The van der Waals surface area contributed by atoms with Crippen LogP contribution in [-0.4, -0.2) is 43.3 Å². The van der Waals surface area contributed by atoms with Crippen molar-refractivity contribution >= 4 is 12.0 Å². The largest absolute Gasteiger partial charge is 0.490 e. The number of alkyl halides is 2. The van der Waals surface area contributed by atoms with Gasteiger partial charge in [-0.05, 0) is 45.4 Å². The highest BCUT2D eigenvalue weighted by molar-refractivity contribution is 5.95. The molecule has 28 heavy (non-hydrogen) atoms. The van der Waals surface area contributed by atoms with Crippen LogP contribution in [0.1, 0.15) is 39.3 Å². The number of hydrogen-bond acceptors (Lipinski definition) is 5. The molecule has 0 bridgehead atoms. The van der Waals surface area contributed by atoms with Crippen molar-refractivity contribution in [2.75, 3.05) is 19.8 Å². The van der Waals surface area contributed by atoms with Gasteiger partial charge in [-0.15, -0.1) is 0 Å². The summed E-state index contributed by atoms with van der Waals surface area (Å²) in [6.45, 7) is 4.61. The van der Waals surface area contributed by atoms with E-state index in [4.69, 9.17) is 9.47 Å². The Bertz CT molecular complexity index is 767. The maximum absolute atomic E-state index is 12.6. The number of benzene rings is 1. The summed E-state index contributed by atoms with van der Waals surface area (Å²) >= 11 is 0. The van der Waals surface area contributed by atoms with E-state index in [9.17, 15) is 18.4 Å². The molecule has 1 N–H and O–H groups in total. The van der Waals surface area contributed by atoms with Gasteiger partial charge in [0.05, 0.1) is 24.8 Å². The van der Waals surface area contributed by atoms with Gasteiger partial charge in [-0.1, -0.05) is 6.07 Å². The van der Waals surface area contributed by atoms with E-state index in [1.807, 2.05) is 0 Å². The first-order chi connectivity index (χ1) is 13.3. The molecule has 1 aliphatic rings. The first kappa shape index (κ1) is 21.5. The molecule has 2 amide bonds. The average Bonchev–Trinajstić information content (AvgIpc) is 2.63.